The first-order valence-electron chi connectivity index (χ1n) is 11.8. The van der Waals surface area contributed by atoms with E-state index in [9.17, 15) is 18.0 Å². The second kappa shape index (κ2) is 9.66. The van der Waals surface area contributed by atoms with Gasteiger partial charge in [0, 0.05) is 18.7 Å². The summed E-state index contributed by atoms with van der Waals surface area (Å²) in [6.07, 6.45) is 3.96. The van der Waals surface area contributed by atoms with Crippen molar-refractivity contribution < 1.29 is 17.9 Å². The zero-order valence-corrected chi connectivity index (χ0v) is 20.7. The fourth-order valence-electron chi connectivity index (χ4n) is 4.78. The van der Waals surface area contributed by atoms with Gasteiger partial charge < -0.3 is 10.1 Å². The van der Waals surface area contributed by atoms with Crippen LogP contribution in [0, 0.1) is 0 Å². The minimum Gasteiger partial charge on any atom is -0.497 e. The number of imidazole rings is 1. The maximum atomic E-state index is 13.8. The van der Waals surface area contributed by atoms with Crippen LogP contribution in [0.15, 0.2) is 46.1 Å². The second-order valence-electron chi connectivity index (χ2n) is 8.60. The SMILES string of the molecule is CCn1c(=O)n(CC)c2cc(S(=O)(=O)C3CCCCC3)c(NC(=O)c3ccc(OC)cc3)cc21. The summed E-state index contributed by atoms with van der Waals surface area (Å²) >= 11 is 0. The highest BCUT2D eigenvalue weighted by atomic mass is 32.2. The Morgan fingerprint density at radius 3 is 2.15 bits per heavy atom. The Kier molecular flexibility index (Phi) is 6.84. The molecule has 1 aliphatic rings. The number of sulfone groups is 1. The third kappa shape index (κ3) is 4.24. The van der Waals surface area contributed by atoms with Gasteiger partial charge >= 0.3 is 5.69 Å². The zero-order chi connectivity index (χ0) is 24.5. The molecule has 182 valence electrons. The number of anilines is 1. The van der Waals surface area contributed by atoms with Crippen molar-refractivity contribution >= 4 is 32.5 Å². The molecule has 1 heterocycles. The Balaban J connectivity index is 1.87. The Morgan fingerprint density at radius 2 is 1.59 bits per heavy atom. The molecule has 1 N–H and O–H groups in total. The average Bonchev–Trinajstić information content (AvgIpc) is 3.13. The molecule has 1 fully saturated rings. The molecular formula is C25H31N3O5S. The maximum absolute atomic E-state index is 13.8. The van der Waals surface area contributed by atoms with Crippen molar-refractivity contribution in [3.63, 3.8) is 0 Å². The molecule has 2 aromatic carbocycles. The van der Waals surface area contributed by atoms with Crippen LogP contribution in [-0.4, -0.2) is 35.8 Å². The number of carbonyl (C=O) groups excluding carboxylic acids is 1. The first-order chi connectivity index (χ1) is 16.3. The fourth-order valence-corrected chi connectivity index (χ4v) is 6.78. The van der Waals surface area contributed by atoms with E-state index in [-0.39, 0.29) is 16.3 Å². The minimum atomic E-state index is -3.72. The van der Waals surface area contributed by atoms with Crippen molar-refractivity contribution in [2.24, 2.45) is 0 Å². The molecule has 0 atom stereocenters. The highest BCUT2D eigenvalue weighted by Crippen LogP contribution is 2.35. The predicted octanol–water partition coefficient (Wildman–Crippen LogP) is 4.21. The molecule has 1 aromatic heterocycles. The molecule has 0 unspecified atom stereocenters. The number of aromatic nitrogens is 2. The summed E-state index contributed by atoms with van der Waals surface area (Å²) < 4.78 is 35.8. The molecule has 4 rings (SSSR count). The number of hydrogen-bond acceptors (Lipinski definition) is 5. The molecular weight excluding hydrogens is 454 g/mol. The molecule has 1 saturated carbocycles. The van der Waals surface area contributed by atoms with Crippen molar-refractivity contribution in [3.8, 4) is 5.75 Å². The number of rotatable bonds is 7. The highest BCUT2D eigenvalue weighted by molar-refractivity contribution is 7.92. The number of methoxy groups -OCH3 is 1. The van der Waals surface area contributed by atoms with Gasteiger partial charge in [-0.15, -0.1) is 0 Å². The predicted molar refractivity (Wildman–Crippen MR) is 133 cm³/mol. The lowest BCUT2D eigenvalue weighted by Gasteiger charge is -2.23. The van der Waals surface area contributed by atoms with Crippen molar-refractivity contribution in [2.45, 2.75) is 69.2 Å². The molecule has 1 aliphatic carbocycles. The lowest BCUT2D eigenvalue weighted by Crippen LogP contribution is -2.25. The van der Waals surface area contributed by atoms with Crippen LogP contribution in [0.4, 0.5) is 5.69 Å². The van der Waals surface area contributed by atoms with Crippen LogP contribution >= 0.6 is 0 Å². The van der Waals surface area contributed by atoms with Gasteiger partial charge in [-0.1, -0.05) is 19.3 Å². The van der Waals surface area contributed by atoms with Crippen LogP contribution in [0.1, 0.15) is 56.3 Å². The maximum Gasteiger partial charge on any atom is 0.329 e. The van der Waals surface area contributed by atoms with Crippen LogP contribution < -0.4 is 15.7 Å². The molecule has 0 radical (unpaired) electrons. The zero-order valence-electron chi connectivity index (χ0n) is 19.8. The number of ether oxygens (including phenoxy) is 1. The third-order valence-electron chi connectivity index (χ3n) is 6.65. The Morgan fingerprint density at radius 1 is 1.00 bits per heavy atom. The third-order valence-corrected chi connectivity index (χ3v) is 8.95. The smallest absolute Gasteiger partial charge is 0.329 e. The first kappa shape index (κ1) is 24.1. The van der Waals surface area contributed by atoms with Crippen LogP contribution in [0.25, 0.3) is 11.0 Å². The Bertz CT molecular complexity index is 1360. The van der Waals surface area contributed by atoms with E-state index in [1.165, 1.54) is 0 Å². The van der Waals surface area contributed by atoms with Crippen molar-refractivity contribution in [1.82, 2.24) is 9.13 Å². The largest absolute Gasteiger partial charge is 0.497 e. The first-order valence-corrected chi connectivity index (χ1v) is 13.3. The summed E-state index contributed by atoms with van der Waals surface area (Å²) in [7, 11) is -2.17. The quantitative estimate of drug-likeness (QED) is 0.540. The lowest BCUT2D eigenvalue weighted by molar-refractivity contribution is 0.102. The van der Waals surface area contributed by atoms with E-state index in [1.807, 2.05) is 13.8 Å². The van der Waals surface area contributed by atoms with E-state index in [4.69, 9.17) is 4.74 Å². The molecule has 1 amide bonds. The molecule has 8 nitrogen and oxygen atoms in total. The topological polar surface area (TPSA) is 99.4 Å². The summed E-state index contributed by atoms with van der Waals surface area (Å²) in [5.74, 6) is 0.189. The summed E-state index contributed by atoms with van der Waals surface area (Å²) in [6, 6.07) is 9.79. The van der Waals surface area contributed by atoms with E-state index in [1.54, 1.807) is 52.6 Å². The standard InChI is InChI=1S/C25H31N3O5S/c1-4-27-21-15-20(26-24(29)17-11-13-18(33-3)14-12-17)23(16-22(21)28(5-2)25(27)30)34(31,32)19-9-7-6-8-10-19/h11-16,19H,4-10H2,1-3H3,(H,26,29). The van der Waals surface area contributed by atoms with Crippen molar-refractivity contribution in [2.75, 3.05) is 12.4 Å². The molecule has 0 bridgehead atoms. The van der Waals surface area contributed by atoms with E-state index in [0.29, 0.717) is 48.3 Å². The van der Waals surface area contributed by atoms with Crippen molar-refractivity contribution in [1.29, 1.82) is 0 Å². The molecule has 0 spiro atoms. The fraction of sp³-hybridized carbons (Fsp3) is 0.440. The number of carbonyl (C=O) groups is 1. The Labute approximate surface area is 199 Å². The van der Waals surface area contributed by atoms with Gasteiger partial charge in [-0.05, 0) is 63.1 Å². The van der Waals surface area contributed by atoms with E-state index in [0.717, 1.165) is 19.3 Å². The number of hydrogen-bond donors (Lipinski definition) is 1. The van der Waals surface area contributed by atoms with Gasteiger partial charge in [-0.3, -0.25) is 13.9 Å². The average molecular weight is 486 g/mol. The monoisotopic (exact) mass is 485 g/mol. The normalized spacial score (nSPS) is 14.9. The number of amides is 1. The number of aryl methyl sites for hydroxylation is 2. The second-order valence-corrected chi connectivity index (χ2v) is 10.8. The van der Waals surface area contributed by atoms with Crippen molar-refractivity contribution in [3.05, 3.63) is 52.4 Å². The number of fused-ring (bicyclic) bond motifs is 1. The number of nitrogens with one attached hydrogen (secondary N) is 1. The molecule has 0 aliphatic heterocycles. The molecule has 0 saturated heterocycles. The number of benzene rings is 2. The van der Waals surface area contributed by atoms with Gasteiger partial charge in [0.05, 0.1) is 34.0 Å². The minimum absolute atomic E-state index is 0.0733. The lowest BCUT2D eigenvalue weighted by atomic mass is 10.0. The van der Waals surface area contributed by atoms with E-state index >= 15 is 0 Å². The van der Waals surface area contributed by atoms with Gasteiger partial charge in [0.25, 0.3) is 5.91 Å². The molecule has 9 heteroatoms. The molecule has 34 heavy (non-hydrogen) atoms. The van der Waals surface area contributed by atoms with Crippen LogP contribution in [0.5, 0.6) is 5.75 Å². The summed E-state index contributed by atoms with van der Waals surface area (Å²) in [5.41, 5.74) is 1.54. The van der Waals surface area contributed by atoms with Gasteiger partial charge in [-0.2, -0.15) is 0 Å². The molecule has 3 aromatic rings. The van der Waals surface area contributed by atoms with Gasteiger partial charge in [0.15, 0.2) is 9.84 Å². The van der Waals surface area contributed by atoms with E-state index < -0.39 is 21.0 Å². The van der Waals surface area contributed by atoms with Crippen LogP contribution in [-0.2, 0) is 22.9 Å². The van der Waals surface area contributed by atoms with Gasteiger partial charge in [0.2, 0.25) is 0 Å². The number of nitrogens with zero attached hydrogens (tertiary/aromatic N) is 2. The summed E-state index contributed by atoms with van der Waals surface area (Å²) in [6.45, 7) is 4.57. The van der Waals surface area contributed by atoms with Gasteiger partial charge in [-0.25, -0.2) is 13.2 Å². The summed E-state index contributed by atoms with van der Waals surface area (Å²) in [5, 5.41) is 2.32. The van der Waals surface area contributed by atoms with Crippen LogP contribution in [0.2, 0.25) is 0 Å². The summed E-state index contributed by atoms with van der Waals surface area (Å²) in [4.78, 5) is 26.0. The van der Waals surface area contributed by atoms with Gasteiger partial charge in [0.1, 0.15) is 5.75 Å². The van der Waals surface area contributed by atoms with E-state index in [2.05, 4.69) is 5.32 Å². The Hall–Kier alpha value is -3.07. The van der Waals surface area contributed by atoms with Crippen LogP contribution in [0.3, 0.4) is 0 Å². The highest BCUT2D eigenvalue weighted by Gasteiger charge is 2.32.